The molecule has 2 aromatic carbocycles. The summed E-state index contributed by atoms with van der Waals surface area (Å²) < 4.78 is 19.1. The maximum Gasteiger partial charge on any atom is 0.318 e. The summed E-state index contributed by atoms with van der Waals surface area (Å²) in [6.07, 6.45) is 1.80. The Hall–Kier alpha value is -2.64. The number of rotatable bonds is 10. The molecule has 0 radical (unpaired) electrons. The van der Waals surface area contributed by atoms with Crippen molar-refractivity contribution in [2.75, 3.05) is 32.8 Å². The molecule has 2 amide bonds. The number of carbonyl (C=O) groups is 1. The molecule has 1 saturated heterocycles. The molecule has 1 aliphatic rings. The standard InChI is InChI=1S/C26H37FN4O2/c1-20(2)19-33-25-9-5-21(6-10-25)17-29-26(32)31(18-22-3-7-23(27)8-4-22)24-11-14-30(15-12-24)16-13-28/h3-10,20,24H,11-19,28H2,1-2H3,(H,29,32). The molecule has 0 spiro atoms. The first kappa shape index (κ1) is 25.0. The summed E-state index contributed by atoms with van der Waals surface area (Å²) in [5.74, 6) is 1.03. The quantitative estimate of drug-likeness (QED) is 0.567. The fourth-order valence-electron chi connectivity index (χ4n) is 4.04. The Morgan fingerprint density at radius 2 is 1.76 bits per heavy atom. The second kappa shape index (κ2) is 12.6. The molecular weight excluding hydrogens is 419 g/mol. The lowest BCUT2D eigenvalue weighted by molar-refractivity contribution is 0.117. The number of hydrogen-bond donors (Lipinski definition) is 2. The Morgan fingerprint density at radius 3 is 2.36 bits per heavy atom. The highest BCUT2D eigenvalue weighted by Gasteiger charge is 2.28. The van der Waals surface area contributed by atoms with Gasteiger partial charge in [0.2, 0.25) is 0 Å². The van der Waals surface area contributed by atoms with E-state index in [1.807, 2.05) is 29.2 Å². The number of benzene rings is 2. The van der Waals surface area contributed by atoms with E-state index < -0.39 is 0 Å². The number of amides is 2. The first-order valence-corrected chi connectivity index (χ1v) is 11.9. The van der Waals surface area contributed by atoms with Crippen molar-refractivity contribution in [3.05, 3.63) is 65.5 Å². The third-order valence-corrected chi connectivity index (χ3v) is 5.92. The minimum Gasteiger partial charge on any atom is -0.493 e. The second-order valence-electron chi connectivity index (χ2n) is 9.12. The molecule has 0 saturated carbocycles. The highest BCUT2D eigenvalue weighted by molar-refractivity contribution is 5.74. The average molecular weight is 457 g/mol. The summed E-state index contributed by atoms with van der Waals surface area (Å²) in [4.78, 5) is 17.5. The van der Waals surface area contributed by atoms with Gasteiger partial charge in [-0.3, -0.25) is 0 Å². The van der Waals surface area contributed by atoms with Crippen LogP contribution in [0.4, 0.5) is 9.18 Å². The Bertz CT molecular complexity index is 850. The number of carbonyl (C=O) groups excluding carboxylic acids is 1. The normalized spacial score (nSPS) is 14.9. The first-order chi connectivity index (χ1) is 15.9. The van der Waals surface area contributed by atoms with Crippen molar-refractivity contribution < 1.29 is 13.9 Å². The Balaban J connectivity index is 1.61. The van der Waals surface area contributed by atoms with Crippen molar-refractivity contribution in [2.24, 2.45) is 11.7 Å². The lowest BCUT2D eigenvalue weighted by Gasteiger charge is -2.38. The van der Waals surface area contributed by atoms with Gasteiger partial charge in [0, 0.05) is 45.3 Å². The minimum atomic E-state index is -0.273. The van der Waals surface area contributed by atoms with Crippen LogP contribution in [0.25, 0.3) is 0 Å². The molecule has 0 atom stereocenters. The lowest BCUT2D eigenvalue weighted by atomic mass is 10.0. The summed E-state index contributed by atoms with van der Waals surface area (Å²) in [5.41, 5.74) is 7.63. The van der Waals surface area contributed by atoms with E-state index >= 15 is 0 Å². The first-order valence-electron chi connectivity index (χ1n) is 11.9. The van der Waals surface area contributed by atoms with Crippen LogP contribution in [0.5, 0.6) is 5.75 Å². The van der Waals surface area contributed by atoms with Crippen molar-refractivity contribution in [3.63, 3.8) is 0 Å². The van der Waals surface area contributed by atoms with Crippen molar-refractivity contribution in [1.29, 1.82) is 0 Å². The summed E-state index contributed by atoms with van der Waals surface area (Å²) in [5, 5.41) is 3.07. The molecule has 0 aliphatic carbocycles. The van der Waals surface area contributed by atoms with Crippen LogP contribution in [-0.2, 0) is 13.1 Å². The van der Waals surface area contributed by atoms with E-state index in [1.165, 1.54) is 12.1 Å². The van der Waals surface area contributed by atoms with Crippen LogP contribution in [0.3, 0.4) is 0 Å². The monoisotopic (exact) mass is 456 g/mol. The molecule has 33 heavy (non-hydrogen) atoms. The summed E-state index contributed by atoms with van der Waals surface area (Å²) >= 11 is 0. The van der Waals surface area contributed by atoms with Gasteiger partial charge in [-0.05, 0) is 54.2 Å². The topological polar surface area (TPSA) is 70.8 Å². The van der Waals surface area contributed by atoms with Crippen molar-refractivity contribution in [2.45, 2.75) is 45.8 Å². The molecule has 3 N–H and O–H groups in total. The smallest absolute Gasteiger partial charge is 0.318 e. The van der Waals surface area contributed by atoms with Gasteiger partial charge in [0.05, 0.1) is 6.61 Å². The lowest BCUT2D eigenvalue weighted by Crippen LogP contribution is -2.50. The van der Waals surface area contributed by atoms with Crippen LogP contribution in [0, 0.1) is 11.7 Å². The number of halogens is 1. The van der Waals surface area contributed by atoms with E-state index in [9.17, 15) is 9.18 Å². The maximum atomic E-state index is 13.4. The number of urea groups is 1. The van der Waals surface area contributed by atoms with Crippen molar-refractivity contribution in [1.82, 2.24) is 15.1 Å². The van der Waals surface area contributed by atoms with E-state index in [0.717, 1.165) is 49.4 Å². The van der Waals surface area contributed by atoms with Gasteiger partial charge in [-0.15, -0.1) is 0 Å². The Morgan fingerprint density at radius 1 is 1.12 bits per heavy atom. The second-order valence-corrected chi connectivity index (χ2v) is 9.12. The van der Waals surface area contributed by atoms with Gasteiger partial charge in [0.25, 0.3) is 0 Å². The number of nitrogens with two attached hydrogens (primary N) is 1. The van der Waals surface area contributed by atoms with E-state index in [4.69, 9.17) is 10.5 Å². The summed E-state index contributed by atoms with van der Waals surface area (Å²) in [6.45, 7) is 9.18. The van der Waals surface area contributed by atoms with Gasteiger partial charge >= 0.3 is 6.03 Å². The predicted molar refractivity (Wildman–Crippen MR) is 129 cm³/mol. The fraction of sp³-hybridized carbons (Fsp3) is 0.500. The third-order valence-electron chi connectivity index (χ3n) is 5.92. The van der Waals surface area contributed by atoms with Gasteiger partial charge < -0.3 is 25.6 Å². The zero-order valence-electron chi connectivity index (χ0n) is 19.8. The predicted octanol–water partition coefficient (Wildman–Crippen LogP) is 4.00. The molecule has 2 aromatic rings. The highest BCUT2D eigenvalue weighted by Crippen LogP contribution is 2.20. The molecule has 1 heterocycles. The molecule has 1 fully saturated rings. The Labute approximate surface area is 196 Å². The zero-order valence-corrected chi connectivity index (χ0v) is 19.8. The maximum absolute atomic E-state index is 13.4. The number of piperidine rings is 1. The van der Waals surface area contributed by atoms with Crippen LogP contribution < -0.4 is 15.8 Å². The molecular formula is C26H37FN4O2. The van der Waals surface area contributed by atoms with Gasteiger partial charge in [-0.25, -0.2) is 9.18 Å². The zero-order chi connectivity index (χ0) is 23.6. The van der Waals surface area contributed by atoms with Crippen molar-refractivity contribution in [3.8, 4) is 5.75 Å². The van der Waals surface area contributed by atoms with E-state index in [-0.39, 0.29) is 17.9 Å². The van der Waals surface area contributed by atoms with Crippen LogP contribution in [0.1, 0.15) is 37.8 Å². The van der Waals surface area contributed by atoms with E-state index in [1.54, 1.807) is 12.1 Å². The molecule has 3 rings (SSSR count). The number of nitrogens with one attached hydrogen (secondary N) is 1. The third kappa shape index (κ3) is 8.02. The molecule has 6 nitrogen and oxygen atoms in total. The fourth-order valence-corrected chi connectivity index (χ4v) is 4.04. The number of nitrogens with zero attached hydrogens (tertiary/aromatic N) is 2. The molecule has 0 bridgehead atoms. The van der Waals surface area contributed by atoms with Crippen LogP contribution in [0.2, 0.25) is 0 Å². The number of hydrogen-bond acceptors (Lipinski definition) is 4. The molecule has 7 heteroatoms. The minimum absolute atomic E-state index is 0.100. The van der Waals surface area contributed by atoms with Crippen LogP contribution in [0.15, 0.2) is 48.5 Å². The van der Waals surface area contributed by atoms with Gasteiger partial charge in [0.1, 0.15) is 11.6 Å². The largest absolute Gasteiger partial charge is 0.493 e. The summed E-state index contributed by atoms with van der Waals surface area (Å²) in [7, 11) is 0. The molecule has 1 aliphatic heterocycles. The van der Waals surface area contributed by atoms with Crippen molar-refractivity contribution >= 4 is 6.03 Å². The van der Waals surface area contributed by atoms with E-state index in [0.29, 0.717) is 32.2 Å². The molecule has 180 valence electrons. The number of ether oxygens (including phenoxy) is 1. The van der Waals surface area contributed by atoms with Crippen LogP contribution >= 0.6 is 0 Å². The Kier molecular flexibility index (Phi) is 9.51. The number of likely N-dealkylation sites (tertiary alicyclic amines) is 1. The van der Waals surface area contributed by atoms with Gasteiger partial charge in [-0.2, -0.15) is 0 Å². The van der Waals surface area contributed by atoms with E-state index in [2.05, 4.69) is 24.1 Å². The highest BCUT2D eigenvalue weighted by atomic mass is 19.1. The molecule has 0 aromatic heterocycles. The summed E-state index contributed by atoms with van der Waals surface area (Å²) in [6, 6.07) is 14.2. The van der Waals surface area contributed by atoms with Crippen LogP contribution in [-0.4, -0.2) is 54.7 Å². The SMILES string of the molecule is CC(C)COc1ccc(CNC(=O)N(Cc2ccc(F)cc2)C2CCN(CCN)CC2)cc1. The average Bonchev–Trinajstić information content (AvgIpc) is 2.82. The molecule has 0 unspecified atom stereocenters. The van der Waals surface area contributed by atoms with Gasteiger partial charge in [0.15, 0.2) is 0 Å². The van der Waals surface area contributed by atoms with Gasteiger partial charge in [-0.1, -0.05) is 38.1 Å².